The van der Waals surface area contributed by atoms with Crippen LogP contribution in [0.1, 0.15) is 45.7 Å². The summed E-state index contributed by atoms with van der Waals surface area (Å²) in [6, 6.07) is 30.5. The van der Waals surface area contributed by atoms with Gasteiger partial charge in [0.15, 0.2) is 0 Å². The molecule has 4 aromatic carbocycles. The second-order valence-corrected chi connectivity index (χ2v) is 13.9. The minimum absolute atomic E-state index is 0.0237. The van der Waals surface area contributed by atoms with Crippen LogP contribution in [0.4, 0.5) is 13.2 Å². The smallest absolute Gasteiger partial charge is 0.255 e. The predicted octanol–water partition coefficient (Wildman–Crippen LogP) is 11.3. The molecule has 2 heterocycles. The Bertz CT molecular complexity index is 1930. The summed E-state index contributed by atoms with van der Waals surface area (Å²) < 4.78 is 41.0. The SMILES string of the molecule is CC(C)(C)c1cc(-c2nccc3nc(-c4ccc(-c5ccc(CC(C)(C)C(F)(F)F)cc5)cc4)sc23)cc2ccccc12. The number of hydrogen-bond donors (Lipinski definition) is 0. The number of thiazole rings is 1. The van der Waals surface area contributed by atoms with Crippen molar-refractivity contribution in [3.05, 3.63) is 108 Å². The van der Waals surface area contributed by atoms with Gasteiger partial charge in [-0.1, -0.05) is 107 Å². The lowest BCUT2D eigenvalue weighted by Gasteiger charge is -2.27. The highest BCUT2D eigenvalue weighted by Gasteiger charge is 2.46. The Labute approximate surface area is 254 Å². The Balaban J connectivity index is 1.31. The predicted molar refractivity (Wildman–Crippen MR) is 173 cm³/mol. The summed E-state index contributed by atoms with van der Waals surface area (Å²) in [5.41, 5.74) is 6.06. The molecule has 0 amide bonds. The lowest BCUT2D eigenvalue weighted by Crippen LogP contribution is -2.34. The number of nitrogens with zero attached hydrogens (tertiary/aromatic N) is 2. The van der Waals surface area contributed by atoms with E-state index in [9.17, 15) is 13.2 Å². The van der Waals surface area contributed by atoms with E-state index in [2.05, 4.69) is 69.3 Å². The van der Waals surface area contributed by atoms with Gasteiger partial charge in [0.25, 0.3) is 0 Å². The van der Waals surface area contributed by atoms with Crippen LogP contribution in [0.25, 0.3) is 53.9 Å². The summed E-state index contributed by atoms with van der Waals surface area (Å²) in [6.45, 7) is 9.20. The largest absolute Gasteiger partial charge is 0.394 e. The summed E-state index contributed by atoms with van der Waals surface area (Å²) in [4.78, 5) is 9.78. The van der Waals surface area contributed by atoms with Gasteiger partial charge in [0.2, 0.25) is 0 Å². The summed E-state index contributed by atoms with van der Waals surface area (Å²) in [5, 5.41) is 3.37. The molecule has 0 spiro atoms. The minimum Gasteiger partial charge on any atom is -0.255 e. The first-order valence-electron chi connectivity index (χ1n) is 14.4. The van der Waals surface area contributed by atoms with E-state index in [-0.39, 0.29) is 11.8 Å². The fraction of sp³-hybridized carbons (Fsp3) is 0.243. The first-order chi connectivity index (χ1) is 20.3. The average Bonchev–Trinajstić information content (AvgIpc) is 3.40. The van der Waals surface area contributed by atoms with Crippen molar-refractivity contribution in [1.82, 2.24) is 9.97 Å². The average molecular weight is 595 g/mol. The van der Waals surface area contributed by atoms with Crippen LogP contribution >= 0.6 is 11.3 Å². The molecule has 0 atom stereocenters. The van der Waals surface area contributed by atoms with Crippen LogP contribution in [0, 0.1) is 5.41 Å². The van der Waals surface area contributed by atoms with E-state index in [1.807, 2.05) is 36.5 Å². The van der Waals surface area contributed by atoms with E-state index >= 15 is 0 Å². The highest BCUT2D eigenvalue weighted by atomic mass is 32.1. The van der Waals surface area contributed by atoms with Crippen molar-refractivity contribution in [3.63, 3.8) is 0 Å². The zero-order chi connectivity index (χ0) is 30.6. The molecule has 0 bridgehead atoms. The van der Waals surface area contributed by atoms with Crippen molar-refractivity contribution in [1.29, 1.82) is 0 Å². The molecule has 0 N–H and O–H groups in total. The number of fused-ring (bicyclic) bond motifs is 2. The summed E-state index contributed by atoms with van der Waals surface area (Å²) >= 11 is 1.64. The maximum absolute atomic E-state index is 13.3. The fourth-order valence-corrected chi connectivity index (χ4v) is 6.56. The molecule has 0 unspecified atom stereocenters. The number of benzene rings is 4. The molecule has 0 aliphatic rings. The molecule has 0 saturated heterocycles. The van der Waals surface area contributed by atoms with Gasteiger partial charge in [-0.05, 0) is 63.1 Å². The first-order valence-corrected chi connectivity index (χ1v) is 15.2. The van der Waals surface area contributed by atoms with Crippen LogP contribution in [-0.2, 0) is 11.8 Å². The third kappa shape index (κ3) is 5.68. The van der Waals surface area contributed by atoms with Gasteiger partial charge >= 0.3 is 6.18 Å². The van der Waals surface area contributed by atoms with Gasteiger partial charge < -0.3 is 0 Å². The van der Waals surface area contributed by atoms with Crippen LogP contribution < -0.4 is 0 Å². The Morgan fingerprint density at radius 3 is 1.98 bits per heavy atom. The van der Waals surface area contributed by atoms with Crippen molar-refractivity contribution in [3.8, 4) is 33.0 Å². The van der Waals surface area contributed by atoms with Gasteiger partial charge in [0.05, 0.1) is 21.3 Å². The maximum atomic E-state index is 13.3. The van der Waals surface area contributed by atoms with Crippen LogP contribution in [0.2, 0.25) is 0 Å². The van der Waals surface area contributed by atoms with Gasteiger partial charge in [-0.25, -0.2) is 4.98 Å². The molecule has 0 radical (unpaired) electrons. The monoisotopic (exact) mass is 594 g/mol. The molecule has 0 aliphatic heterocycles. The molecule has 6 rings (SSSR count). The van der Waals surface area contributed by atoms with Crippen molar-refractivity contribution >= 4 is 32.3 Å². The highest BCUT2D eigenvalue weighted by Crippen LogP contribution is 2.41. The fourth-order valence-electron chi connectivity index (χ4n) is 5.48. The number of aromatic nitrogens is 2. The van der Waals surface area contributed by atoms with Crippen molar-refractivity contribution in [2.24, 2.45) is 5.41 Å². The summed E-state index contributed by atoms with van der Waals surface area (Å²) in [6.07, 6.45) is -2.47. The highest BCUT2D eigenvalue weighted by molar-refractivity contribution is 7.22. The Morgan fingerprint density at radius 1 is 0.698 bits per heavy atom. The summed E-state index contributed by atoms with van der Waals surface area (Å²) in [5.74, 6) is 0. The van der Waals surface area contributed by atoms with Gasteiger partial charge in [0, 0.05) is 17.3 Å². The molecular weight excluding hydrogens is 561 g/mol. The zero-order valence-corrected chi connectivity index (χ0v) is 25.7. The Kier molecular flexibility index (Phi) is 7.16. The van der Waals surface area contributed by atoms with Crippen LogP contribution in [0.3, 0.4) is 0 Å². The van der Waals surface area contributed by atoms with Crippen molar-refractivity contribution in [2.45, 2.75) is 52.6 Å². The summed E-state index contributed by atoms with van der Waals surface area (Å²) in [7, 11) is 0. The normalized spacial score (nSPS) is 12.7. The molecule has 0 fully saturated rings. The minimum atomic E-state index is -4.25. The molecule has 2 nitrogen and oxygen atoms in total. The van der Waals surface area contributed by atoms with Gasteiger partial charge in [-0.15, -0.1) is 11.3 Å². The third-order valence-corrected chi connectivity index (χ3v) is 9.21. The van der Waals surface area contributed by atoms with E-state index in [1.165, 1.54) is 30.2 Å². The van der Waals surface area contributed by atoms with E-state index in [1.54, 1.807) is 23.5 Å². The maximum Gasteiger partial charge on any atom is 0.394 e. The molecule has 43 heavy (non-hydrogen) atoms. The first kappa shape index (κ1) is 29.1. The molecule has 2 aromatic heterocycles. The van der Waals surface area contributed by atoms with Crippen molar-refractivity contribution in [2.75, 3.05) is 0 Å². The van der Waals surface area contributed by atoms with Crippen LogP contribution in [-0.4, -0.2) is 16.1 Å². The number of pyridine rings is 1. The molecule has 0 saturated carbocycles. The van der Waals surface area contributed by atoms with E-state index in [4.69, 9.17) is 9.97 Å². The molecular formula is C37H33F3N2S. The lowest BCUT2D eigenvalue weighted by atomic mass is 9.82. The third-order valence-electron chi connectivity index (χ3n) is 8.08. The Morgan fingerprint density at radius 2 is 1.33 bits per heavy atom. The number of rotatable bonds is 5. The van der Waals surface area contributed by atoms with E-state index in [0.717, 1.165) is 43.2 Å². The van der Waals surface area contributed by atoms with Crippen LogP contribution in [0.5, 0.6) is 0 Å². The number of alkyl halides is 3. The second-order valence-electron chi connectivity index (χ2n) is 12.9. The number of hydrogen-bond acceptors (Lipinski definition) is 3. The quantitative estimate of drug-likeness (QED) is 0.198. The second kappa shape index (κ2) is 10.6. The number of halogens is 3. The van der Waals surface area contributed by atoms with Gasteiger partial charge in [-0.2, -0.15) is 13.2 Å². The molecule has 6 heteroatoms. The topological polar surface area (TPSA) is 25.8 Å². The lowest BCUT2D eigenvalue weighted by molar-refractivity contribution is -0.211. The van der Waals surface area contributed by atoms with E-state index < -0.39 is 11.6 Å². The molecule has 218 valence electrons. The molecule has 0 aliphatic carbocycles. The molecule has 6 aromatic rings. The van der Waals surface area contributed by atoms with Crippen molar-refractivity contribution < 1.29 is 13.2 Å². The van der Waals surface area contributed by atoms with Gasteiger partial charge in [-0.3, -0.25) is 4.98 Å². The van der Waals surface area contributed by atoms with Crippen LogP contribution in [0.15, 0.2) is 97.2 Å². The standard InChI is InChI=1S/C37H33F3N2S/c1-35(2,3)30-21-28(20-27-8-6-7-9-29(27)30)32-33-31(18-19-41-32)42-34(43-33)26-16-14-25(15-17-26)24-12-10-23(11-13-24)22-36(4,5)37(38,39)40/h6-21H,22H2,1-5H3. The zero-order valence-electron chi connectivity index (χ0n) is 24.9. The Hall–Kier alpha value is -4.03. The van der Waals surface area contributed by atoms with Gasteiger partial charge in [0.1, 0.15) is 5.01 Å². The van der Waals surface area contributed by atoms with E-state index in [0.29, 0.717) is 5.56 Å².